The van der Waals surface area contributed by atoms with Gasteiger partial charge in [-0.25, -0.2) is 4.39 Å². The Morgan fingerprint density at radius 2 is 1.94 bits per heavy atom. The minimum Gasteiger partial charge on any atom is -0.493 e. The van der Waals surface area contributed by atoms with Gasteiger partial charge in [0.05, 0.1) is 19.4 Å². The van der Waals surface area contributed by atoms with E-state index in [1.165, 1.54) is 20.1 Å². The van der Waals surface area contributed by atoms with Crippen LogP contribution in [0.1, 0.15) is 55.2 Å². The number of carbonyl (C=O) groups excluding carboxylic acids is 2. The average molecular weight is 481 g/mol. The Morgan fingerprint density at radius 3 is 2.74 bits per heavy atom. The number of Topliss-reactive ketones (excluding diaryl/α,β-unsaturated/α-hetero) is 1. The molecular weight excluding hydrogens is 451 g/mol. The summed E-state index contributed by atoms with van der Waals surface area (Å²) >= 11 is 0. The smallest absolute Gasteiger partial charge is 0.224 e. The molecule has 1 N–H and O–H groups in total. The molecule has 4 rings (SSSR count). The molecule has 9 heteroatoms. The third-order valence-electron chi connectivity index (χ3n) is 5.98. The number of rotatable bonds is 9. The van der Waals surface area contributed by atoms with Crippen molar-refractivity contribution in [1.82, 2.24) is 14.8 Å². The van der Waals surface area contributed by atoms with E-state index in [9.17, 15) is 14.0 Å². The van der Waals surface area contributed by atoms with Gasteiger partial charge in [-0.05, 0) is 62.6 Å². The van der Waals surface area contributed by atoms with Gasteiger partial charge in [-0.1, -0.05) is 6.42 Å². The van der Waals surface area contributed by atoms with E-state index in [2.05, 4.69) is 20.1 Å². The number of ketones is 1. The second-order valence-corrected chi connectivity index (χ2v) is 8.52. The van der Waals surface area contributed by atoms with Crippen LogP contribution >= 0.6 is 0 Å². The van der Waals surface area contributed by atoms with Crippen LogP contribution in [0.15, 0.2) is 36.4 Å². The Labute approximate surface area is 203 Å². The van der Waals surface area contributed by atoms with Crippen molar-refractivity contribution in [2.45, 2.75) is 52.0 Å². The highest BCUT2D eigenvalue weighted by atomic mass is 19.1. The van der Waals surface area contributed by atoms with Crippen molar-refractivity contribution >= 4 is 17.4 Å². The molecule has 0 spiro atoms. The molecule has 1 amide bonds. The van der Waals surface area contributed by atoms with Crippen LogP contribution in [0.4, 0.5) is 10.1 Å². The van der Waals surface area contributed by atoms with E-state index in [1.54, 1.807) is 30.3 Å². The zero-order valence-electron chi connectivity index (χ0n) is 20.0. The van der Waals surface area contributed by atoms with Gasteiger partial charge < -0.3 is 19.4 Å². The van der Waals surface area contributed by atoms with Gasteiger partial charge >= 0.3 is 0 Å². The topological polar surface area (TPSA) is 95.3 Å². The first-order valence-corrected chi connectivity index (χ1v) is 11.8. The molecule has 0 saturated carbocycles. The largest absolute Gasteiger partial charge is 0.493 e. The molecule has 2 aromatic carbocycles. The monoisotopic (exact) mass is 480 g/mol. The summed E-state index contributed by atoms with van der Waals surface area (Å²) in [6.45, 7) is 2.57. The van der Waals surface area contributed by atoms with E-state index in [4.69, 9.17) is 9.47 Å². The lowest BCUT2D eigenvalue weighted by atomic mass is 10.1. The molecule has 1 aliphatic rings. The van der Waals surface area contributed by atoms with Crippen molar-refractivity contribution in [2.24, 2.45) is 0 Å². The van der Waals surface area contributed by atoms with Crippen LogP contribution in [-0.4, -0.2) is 40.2 Å². The lowest BCUT2D eigenvalue weighted by Gasteiger charge is -2.12. The highest BCUT2D eigenvalue weighted by Crippen LogP contribution is 2.29. The summed E-state index contributed by atoms with van der Waals surface area (Å²) in [6, 6.07) is 9.55. The number of amides is 1. The standard InChI is InChI=1S/C26H29FN4O4/c1-17(32)18-10-12-22(23(16-18)34-2)35-14-6-8-25(33)28-21-15-19(9-11-20(21)27)26-30-29-24-7-4-3-5-13-31(24)26/h9-12,15-16H,3-8,13-14H2,1-2H3,(H,28,33). The van der Waals surface area contributed by atoms with Gasteiger partial charge in [0, 0.05) is 30.5 Å². The van der Waals surface area contributed by atoms with Crippen molar-refractivity contribution in [3.05, 3.63) is 53.6 Å². The number of nitrogens with one attached hydrogen (secondary N) is 1. The van der Waals surface area contributed by atoms with Crippen LogP contribution in [-0.2, 0) is 17.8 Å². The number of benzene rings is 2. The van der Waals surface area contributed by atoms with Gasteiger partial charge in [-0.2, -0.15) is 0 Å². The molecule has 0 fully saturated rings. The second-order valence-electron chi connectivity index (χ2n) is 8.52. The zero-order valence-corrected chi connectivity index (χ0v) is 20.0. The zero-order chi connectivity index (χ0) is 24.8. The number of hydrogen-bond donors (Lipinski definition) is 1. The third kappa shape index (κ3) is 5.85. The van der Waals surface area contributed by atoms with Crippen LogP contribution in [0.5, 0.6) is 11.5 Å². The normalized spacial score (nSPS) is 13.0. The third-order valence-corrected chi connectivity index (χ3v) is 5.98. The summed E-state index contributed by atoms with van der Waals surface area (Å²) in [7, 11) is 1.50. The number of hydrogen-bond acceptors (Lipinski definition) is 6. The fourth-order valence-electron chi connectivity index (χ4n) is 4.09. The van der Waals surface area contributed by atoms with Gasteiger partial charge in [-0.15, -0.1) is 10.2 Å². The van der Waals surface area contributed by atoms with Crippen molar-refractivity contribution in [1.29, 1.82) is 0 Å². The van der Waals surface area contributed by atoms with Crippen LogP contribution in [0.25, 0.3) is 11.4 Å². The Hall–Kier alpha value is -3.75. The minimum absolute atomic E-state index is 0.0674. The number of methoxy groups -OCH3 is 1. The number of carbonyl (C=O) groups is 2. The molecule has 2 heterocycles. The Bertz CT molecular complexity index is 1220. The summed E-state index contributed by atoms with van der Waals surface area (Å²) in [6.07, 6.45) is 4.74. The molecule has 184 valence electrons. The molecule has 0 bridgehead atoms. The van der Waals surface area contributed by atoms with Crippen molar-refractivity contribution in [3.8, 4) is 22.9 Å². The summed E-state index contributed by atoms with van der Waals surface area (Å²) in [5.74, 6) is 1.68. The molecule has 1 aromatic heterocycles. The van der Waals surface area contributed by atoms with Gasteiger partial charge in [-0.3, -0.25) is 9.59 Å². The maximum absolute atomic E-state index is 14.4. The average Bonchev–Trinajstić information content (AvgIpc) is 3.11. The number of nitrogens with zero attached hydrogens (tertiary/aromatic N) is 3. The summed E-state index contributed by atoms with van der Waals surface area (Å²) in [5, 5.41) is 11.3. The summed E-state index contributed by atoms with van der Waals surface area (Å²) in [4.78, 5) is 24.0. The van der Waals surface area contributed by atoms with Gasteiger partial charge in [0.25, 0.3) is 0 Å². The molecular formula is C26H29FN4O4. The summed E-state index contributed by atoms with van der Waals surface area (Å²) < 4.78 is 27.5. The predicted molar refractivity (Wildman–Crippen MR) is 129 cm³/mol. The van der Waals surface area contributed by atoms with Crippen LogP contribution < -0.4 is 14.8 Å². The quantitative estimate of drug-likeness (QED) is 0.349. The van der Waals surface area contributed by atoms with Gasteiger partial charge in [0.15, 0.2) is 23.1 Å². The van der Waals surface area contributed by atoms with E-state index in [0.29, 0.717) is 34.9 Å². The molecule has 0 saturated heterocycles. The van der Waals surface area contributed by atoms with E-state index in [1.807, 2.05) is 0 Å². The van der Waals surface area contributed by atoms with Crippen LogP contribution in [0.2, 0.25) is 0 Å². The SMILES string of the molecule is COc1cc(C(C)=O)ccc1OCCCC(=O)Nc1cc(-c2nnc3n2CCCCC3)ccc1F. The first-order chi connectivity index (χ1) is 17.0. The van der Waals surface area contributed by atoms with E-state index >= 15 is 0 Å². The van der Waals surface area contributed by atoms with Crippen LogP contribution in [0, 0.1) is 5.82 Å². The molecule has 0 aliphatic carbocycles. The maximum atomic E-state index is 14.4. The molecule has 0 radical (unpaired) electrons. The number of ether oxygens (including phenoxy) is 2. The number of aromatic nitrogens is 3. The molecule has 35 heavy (non-hydrogen) atoms. The minimum atomic E-state index is -0.510. The number of anilines is 1. The Morgan fingerprint density at radius 1 is 1.09 bits per heavy atom. The fourth-order valence-corrected chi connectivity index (χ4v) is 4.09. The van der Waals surface area contributed by atoms with Crippen molar-refractivity contribution in [2.75, 3.05) is 19.0 Å². The maximum Gasteiger partial charge on any atom is 0.224 e. The second kappa shape index (κ2) is 11.1. The molecule has 3 aromatic rings. The lowest BCUT2D eigenvalue weighted by molar-refractivity contribution is -0.116. The van der Waals surface area contributed by atoms with E-state index in [0.717, 1.165) is 38.1 Å². The van der Waals surface area contributed by atoms with Gasteiger partial charge in [0.2, 0.25) is 5.91 Å². The van der Waals surface area contributed by atoms with Crippen molar-refractivity contribution in [3.63, 3.8) is 0 Å². The molecule has 0 unspecified atom stereocenters. The lowest BCUT2D eigenvalue weighted by Crippen LogP contribution is -2.14. The molecule has 8 nitrogen and oxygen atoms in total. The Kier molecular flexibility index (Phi) is 7.74. The predicted octanol–water partition coefficient (Wildman–Crippen LogP) is 4.82. The molecule has 1 aliphatic heterocycles. The van der Waals surface area contributed by atoms with E-state index < -0.39 is 5.82 Å². The first kappa shape index (κ1) is 24.4. The number of aryl methyl sites for hydroxylation is 1. The number of halogens is 1. The first-order valence-electron chi connectivity index (χ1n) is 11.8. The van der Waals surface area contributed by atoms with Gasteiger partial charge in [0.1, 0.15) is 11.6 Å². The highest BCUT2D eigenvalue weighted by Gasteiger charge is 2.18. The summed E-state index contributed by atoms with van der Waals surface area (Å²) in [5.41, 5.74) is 1.35. The molecule has 0 atom stereocenters. The number of fused-ring (bicyclic) bond motifs is 1. The van der Waals surface area contributed by atoms with E-state index in [-0.39, 0.29) is 30.4 Å². The highest BCUT2D eigenvalue weighted by molar-refractivity contribution is 5.94. The fraction of sp³-hybridized carbons (Fsp3) is 0.385. The Balaban J connectivity index is 1.34. The van der Waals surface area contributed by atoms with Crippen LogP contribution in [0.3, 0.4) is 0 Å². The van der Waals surface area contributed by atoms with Crippen molar-refractivity contribution < 1.29 is 23.5 Å².